The molecule has 0 spiro atoms. The van der Waals surface area contributed by atoms with Crippen LogP contribution in [0.4, 0.5) is 8.78 Å². The fourth-order valence-corrected chi connectivity index (χ4v) is 4.88. The number of hydrogen-bond donors (Lipinski definition) is 1. The van der Waals surface area contributed by atoms with Crippen molar-refractivity contribution in [2.45, 2.75) is 50.8 Å². The molecule has 8 heteroatoms. The van der Waals surface area contributed by atoms with Crippen LogP contribution in [-0.2, 0) is 15.1 Å². The van der Waals surface area contributed by atoms with E-state index >= 15 is 0 Å². The van der Waals surface area contributed by atoms with Gasteiger partial charge < -0.3 is 10.5 Å². The highest BCUT2D eigenvalue weighted by Gasteiger charge is 2.42. The van der Waals surface area contributed by atoms with Gasteiger partial charge in [-0.1, -0.05) is 35.9 Å². The lowest BCUT2D eigenvalue weighted by Crippen LogP contribution is -2.56. The lowest BCUT2D eigenvalue weighted by Gasteiger charge is -2.41. The van der Waals surface area contributed by atoms with Crippen LogP contribution in [0.2, 0.25) is 5.02 Å². The summed E-state index contributed by atoms with van der Waals surface area (Å²) < 4.78 is 32.7. The molecular formula is C23H24ClF2N3O2. The molecule has 1 saturated heterocycles. The van der Waals surface area contributed by atoms with Gasteiger partial charge in [-0.2, -0.15) is 0 Å². The fourth-order valence-electron chi connectivity index (χ4n) is 4.44. The van der Waals surface area contributed by atoms with Gasteiger partial charge in [0.2, 0.25) is 5.91 Å². The number of ether oxygens (including phenoxy) is 1. The van der Waals surface area contributed by atoms with Crippen LogP contribution in [0, 0.1) is 11.6 Å². The third-order valence-corrected chi connectivity index (χ3v) is 6.41. The molecule has 3 atom stereocenters. The lowest BCUT2D eigenvalue weighted by molar-refractivity contribution is -0.133. The van der Waals surface area contributed by atoms with Crippen molar-refractivity contribution in [3.05, 3.63) is 58.6 Å². The van der Waals surface area contributed by atoms with Gasteiger partial charge in [0.15, 0.2) is 17.6 Å². The number of nitrogens with zero attached hydrogens (tertiary/aromatic N) is 2. The summed E-state index contributed by atoms with van der Waals surface area (Å²) >= 11 is 6.69. The second kappa shape index (κ2) is 8.20. The van der Waals surface area contributed by atoms with Crippen LogP contribution < -0.4 is 5.73 Å². The molecule has 2 aromatic carbocycles. The highest BCUT2D eigenvalue weighted by Crippen LogP contribution is 2.42. The number of benzene rings is 2. The Morgan fingerprint density at radius 2 is 2.03 bits per heavy atom. The second-order valence-corrected chi connectivity index (χ2v) is 8.72. The minimum Gasteiger partial charge on any atom is -0.378 e. The van der Waals surface area contributed by atoms with Crippen LogP contribution in [0.1, 0.15) is 38.7 Å². The van der Waals surface area contributed by atoms with E-state index in [4.69, 9.17) is 22.1 Å². The zero-order valence-corrected chi connectivity index (χ0v) is 18.1. The van der Waals surface area contributed by atoms with Crippen molar-refractivity contribution in [1.29, 1.82) is 0 Å². The molecule has 1 fully saturated rings. The molecule has 2 aromatic rings. The third-order valence-electron chi connectivity index (χ3n) is 6.00. The zero-order chi connectivity index (χ0) is 22.3. The largest absolute Gasteiger partial charge is 0.378 e. The minimum atomic E-state index is -0.972. The van der Waals surface area contributed by atoms with E-state index in [-0.39, 0.29) is 30.4 Å². The lowest BCUT2D eigenvalue weighted by atomic mass is 9.85. The summed E-state index contributed by atoms with van der Waals surface area (Å²) in [6.07, 6.45) is 1.55. The number of carbonyl (C=O) groups excluding carboxylic acids is 1. The summed E-state index contributed by atoms with van der Waals surface area (Å²) in [7, 11) is 0. The molecular weight excluding hydrogens is 424 g/mol. The number of hydrogen-bond acceptors (Lipinski definition) is 4. The molecule has 5 nitrogen and oxygen atoms in total. The Morgan fingerprint density at radius 3 is 2.71 bits per heavy atom. The number of amides is 1. The molecule has 31 heavy (non-hydrogen) atoms. The molecule has 2 aliphatic heterocycles. The zero-order valence-electron chi connectivity index (χ0n) is 17.4. The van der Waals surface area contributed by atoms with Crippen LogP contribution in [-0.4, -0.2) is 35.5 Å². The molecule has 1 amide bonds. The number of halogens is 3. The highest BCUT2D eigenvalue weighted by molar-refractivity contribution is 6.34. The Kier molecular flexibility index (Phi) is 5.75. The highest BCUT2D eigenvalue weighted by atomic mass is 35.5. The van der Waals surface area contributed by atoms with Gasteiger partial charge in [-0.15, -0.1) is 0 Å². The van der Waals surface area contributed by atoms with Gasteiger partial charge in [0.05, 0.1) is 23.1 Å². The Morgan fingerprint density at radius 1 is 1.26 bits per heavy atom. The first-order chi connectivity index (χ1) is 14.7. The van der Waals surface area contributed by atoms with Crippen LogP contribution in [0.25, 0.3) is 11.1 Å². The summed E-state index contributed by atoms with van der Waals surface area (Å²) in [5, 5.41) is 0.327. The van der Waals surface area contributed by atoms with E-state index in [2.05, 4.69) is 4.99 Å². The van der Waals surface area contributed by atoms with Crippen molar-refractivity contribution in [2.24, 2.45) is 10.7 Å². The smallest absolute Gasteiger partial charge is 0.232 e. The van der Waals surface area contributed by atoms with E-state index in [1.807, 2.05) is 6.92 Å². The quantitative estimate of drug-likeness (QED) is 0.746. The normalized spacial score (nSPS) is 26.7. The molecule has 164 valence electrons. The van der Waals surface area contributed by atoms with E-state index in [1.54, 1.807) is 30.0 Å². The maximum absolute atomic E-state index is 13.8. The topological polar surface area (TPSA) is 67.9 Å². The van der Waals surface area contributed by atoms with E-state index in [0.717, 1.165) is 12.1 Å². The van der Waals surface area contributed by atoms with Crippen LogP contribution in [0.15, 0.2) is 41.4 Å². The molecule has 0 unspecified atom stereocenters. The van der Waals surface area contributed by atoms with Crippen molar-refractivity contribution >= 4 is 23.5 Å². The summed E-state index contributed by atoms with van der Waals surface area (Å²) in [6.45, 7) is 4.35. The average Bonchev–Trinajstić information content (AvgIpc) is 2.69. The minimum absolute atomic E-state index is 0.0476. The first-order valence-corrected chi connectivity index (χ1v) is 10.6. The molecule has 2 heterocycles. The Labute approximate surface area is 184 Å². The van der Waals surface area contributed by atoms with E-state index in [0.29, 0.717) is 41.2 Å². The van der Waals surface area contributed by atoms with Crippen LogP contribution >= 0.6 is 11.6 Å². The summed E-state index contributed by atoms with van der Waals surface area (Å²) in [4.78, 5) is 19.4. The van der Waals surface area contributed by atoms with Crippen molar-refractivity contribution < 1.29 is 18.3 Å². The van der Waals surface area contributed by atoms with Crippen LogP contribution in [0.5, 0.6) is 0 Å². The van der Waals surface area contributed by atoms with Crippen molar-refractivity contribution in [2.75, 3.05) is 6.61 Å². The van der Waals surface area contributed by atoms with Gasteiger partial charge in [0, 0.05) is 18.2 Å². The predicted molar refractivity (Wildman–Crippen MR) is 116 cm³/mol. The van der Waals surface area contributed by atoms with Crippen molar-refractivity contribution in [3.63, 3.8) is 0 Å². The second-order valence-electron chi connectivity index (χ2n) is 8.34. The maximum Gasteiger partial charge on any atom is 0.232 e. The van der Waals surface area contributed by atoms with E-state index < -0.39 is 17.2 Å². The Bertz CT molecular complexity index is 1060. The molecule has 0 aliphatic carbocycles. The first-order valence-electron chi connectivity index (χ1n) is 10.2. The molecule has 4 rings (SSSR count). The van der Waals surface area contributed by atoms with E-state index in [9.17, 15) is 13.6 Å². The van der Waals surface area contributed by atoms with E-state index in [1.165, 1.54) is 6.07 Å². The van der Waals surface area contributed by atoms with Gasteiger partial charge in [-0.05, 0) is 49.9 Å². The molecule has 2 N–H and O–H groups in total. The third kappa shape index (κ3) is 4.04. The van der Waals surface area contributed by atoms with Gasteiger partial charge in [-0.25, -0.2) is 13.8 Å². The Balaban J connectivity index is 1.71. The van der Waals surface area contributed by atoms with Gasteiger partial charge in [0.25, 0.3) is 0 Å². The number of carbonyl (C=O) groups is 1. The number of nitrogens with two attached hydrogens (primary N) is 1. The molecule has 0 aromatic heterocycles. The summed E-state index contributed by atoms with van der Waals surface area (Å²) in [5.41, 5.74) is 6.87. The Hall–Kier alpha value is -2.51. The van der Waals surface area contributed by atoms with Crippen LogP contribution in [0.3, 0.4) is 0 Å². The fraction of sp³-hybridized carbons (Fsp3) is 0.391. The monoisotopic (exact) mass is 447 g/mol. The number of rotatable bonds is 3. The summed E-state index contributed by atoms with van der Waals surface area (Å²) in [5.74, 6) is -1.85. The maximum atomic E-state index is 13.8. The van der Waals surface area contributed by atoms with Gasteiger partial charge >= 0.3 is 0 Å². The molecule has 0 bridgehead atoms. The SMILES string of the molecule is C[C@H]1C[C@@H](N2C(=O)C[C@@](C)(c3cccc(-c4ccc(F)c(F)c4)c3Cl)N=C2N)CCO1. The van der Waals surface area contributed by atoms with Crippen molar-refractivity contribution in [1.82, 2.24) is 4.90 Å². The number of guanidine groups is 1. The first kappa shape index (κ1) is 21.7. The summed E-state index contributed by atoms with van der Waals surface area (Å²) in [6, 6.07) is 8.82. The molecule has 0 saturated carbocycles. The van der Waals surface area contributed by atoms with Gasteiger partial charge in [-0.3, -0.25) is 9.69 Å². The van der Waals surface area contributed by atoms with Gasteiger partial charge in [0.1, 0.15) is 0 Å². The standard InChI is InChI=1S/C23H24ClF2N3O2/c1-13-10-15(8-9-31-13)29-20(30)12-23(2,28-22(29)27)17-5-3-4-16(21(17)24)14-6-7-18(25)19(26)11-14/h3-7,11,13,15H,8-10,12H2,1-2H3,(H2,27,28)/t13-,15-,23-/m0/s1. The molecule has 0 radical (unpaired) electrons. The molecule has 2 aliphatic rings. The number of aliphatic imine (C=N–C) groups is 1. The predicted octanol–water partition coefficient (Wildman–Crippen LogP) is 4.61. The van der Waals surface area contributed by atoms with Crippen molar-refractivity contribution in [3.8, 4) is 11.1 Å². The average molecular weight is 448 g/mol.